The number of benzene rings is 3. The Morgan fingerprint density at radius 3 is 2.26 bits per heavy atom. The number of allylic oxidation sites excluding steroid dienone is 1. The van der Waals surface area contributed by atoms with Gasteiger partial charge in [0.25, 0.3) is 0 Å². The largest absolute Gasteiger partial charge is 0.489 e. The summed E-state index contributed by atoms with van der Waals surface area (Å²) in [7, 11) is 0. The van der Waals surface area contributed by atoms with Crippen LogP contribution in [0.2, 0.25) is 0 Å². The maximum Gasteiger partial charge on any atom is 0.231 e. The summed E-state index contributed by atoms with van der Waals surface area (Å²) in [6.45, 7) is 0.993. The molecule has 0 bridgehead atoms. The highest BCUT2D eigenvalue weighted by atomic mass is 19.2. The molecule has 3 aromatic carbocycles. The zero-order valence-corrected chi connectivity index (χ0v) is 15.9. The van der Waals surface area contributed by atoms with Crippen LogP contribution < -0.4 is 9.47 Å². The highest BCUT2D eigenvalue weighted by Gasteiger charge is 2.29. The molecule has 0 saturated carbocycles. The van der Waals surface area contributed by atoms with Gasteiger partial charge in [0.1, 0.15) is 18.1 Å². The third-order valence-electron chi connectivity index (χ3n) is 4.67. The van der Waals surface area contributed by atoms with Crippen LogP contribution in [0.5, 0.6) is 11.5 Å². The number of hydrogen-bond acceptors (Lipinski definition) is 3. The van der Waals surface area contributed by atoms with Gasteiger partial charge in [-0.15, -0.1) is 0 Å². The second-order valence-corrected chi connectivity index (χ2v) is 6.85. The summed E-state index contributed by atoms with van der Waals surface area (Å²) in [5, 5.41) is 0. The van der Waals surface area contributed by atoms with E-state index < -0.39 is 41.3 Å². The summed E-state index contributed by atoms with van der Waals surface area (Å²) >= 11 is 0. The van der Waals surface area contributed by atoms with Gasteiger partial charge < -0.3 is 9.47 Å². The molecule has 31 heavy (non-hydrogen) atoms. The average Bonchev–Trinajstić information content (AvgIpc) is 3.05. The summed E-state index contributed by atoms with van der Waals surface area (Å²) in [4.78, 5) is 12.5. The quantitative estimate of drug-likeness (QED) is 0.223. The van der Waals surface area contributed by atoms with Crippen LogP contribution in [0.1, 0.15) is 27.0 Å². The van der Waals surface area contributed by atoms with E-state index in [9.17, 15) is 26.7 Å². The normalized spacial score (nSPS) is 14.0. The highest BCUT2D eigenvalue weighted by Crippen LogP contribution is 2.35. The lowest BCUT2D eigenvalue weighted by Crippen LogP contribution is -2.09. The highest BCUT2D eigenvalue weighted by molar-refractivity contribution is 6.14. The maximum atomic E-state index is 13.8. The van der Waals surface area contributed by atoms with Crippen molar-refractivity contribution >= 4 is 11.9 Å². The minimum atomic E-state index is -2.24. The number of aryl methyl sites for hydroxylation is 1. The molecular weight excluding hydrogens is 419 g/mol. The Morgan fingerprint density at radius 2 is 1.58 bits per heavy atom. The molecule has 8 heteroatoms. The molecule has 0 saturated heterocycles. The monoisotopic (exact) mass is 432 g/mol. The van der Waals surface area contributed by atoms with E-state index in [0.717, 1.165) is 11.1 Å². The standard InChI is InChI=1S/C23H13F5O3/c1-11-3-2-4-12(7-11)8-17-23(29)14-6-5-13(9-16(14)31-17)30-10-15-18(24)20(26)22(28)21(27)19(15)25/h2-9H,10H2,1H3. The molecular formula is C23H13F5O3. The van der Waals surface area contributed by atoms with E-state index in [2.05, 4.69) is 0 Å². The van der Waals surface area contributed by atoms with Crippen molar-refractivity contribution in [1.29, 1.82) is 0 Å². The van der Waals surface area contributed by atoms with Gasteiger partial charge in [0.05, 0.1) is 11.1 Å². The maximum absolute atomic E-state index is 13.8. The van der Waals surface area contributed by atoms with Gasteiger partial charge >= 0.3 is 0 Å². The van der Waals surface area contributed by atoms with Crippen molar-refractivity contribution in [2.75, 3.05) is 0 Å². The SMILES string of the molecule is Cc1cccc(C=C2Oc3cc(OCc4c(F)c(F)c(F)c(F)c4F)ccc3C2=O)c1. The molecule has 0 radical (unpaired) electrons. The van der Waals surface area contributed by atoms with Gasteiger partial charge in [0, 0.05) is 6.07 Å². The molecule has 0 aliphatic carbocycles. The topological polar surface area (TPSA) is 35.5 Å². The first-order chi connectivity index (χ1) is 14.8. The lowest BCUT2D eigenvalue weighted by Gasteiger charge is -2.10. The third kappa shape index (κ3) is 3.76. The van der Waals surface area contributed by atoms with E-state index in [-0.39, 0.29) is 28.6 Å². The molecule has 0 atom stereocenters. The van der Waals surface area contributed by atoms with Crippen molar-refractivity contribution in [3.8, 4) is 11.5 Å². The average molecular weight is 432 g/mol. The van der Waals surface area contributed by atoms with Crippen LogP contribution in [0.3, 0.4) is 0 Å². The molecule has 0 unspecified atom stereocenters. The van der Waals surface area contributed by atoms with Gasteiger partial charge in [-0.25, -0.2) is 22.0 Å². The van der Waals surface area contributed by atoms with E-state index in [4.69, 9.17) is 9.47 Å². The van der Waals surface area contributed by atoms with Gasteiger partial charge in [0.15, 0.2) is 29.0 Å². The van der Waals surface area contributed by atoms with Crippen LogP contribution in [0.15, 0.2) is 48.2 Å². The first-order valence-corrected chi connectivity index (χ1v) is 9.04. The molecule has 0 amide bonds. The van der Waals surface area contributed by atoms with Crippen LogP contribution >= 0.6 is 0 Å². The number of ether oxygens (including phenoxy) is 2. The van der Waals surface area contributed by atoms with Crippen molar-refractivity contribution in [1.82, 2.24) is 0 Å². The Labute approximate surface area is 173 Å². The second-order valence-electron chi connectivity index (χ2n) is 6.85. The number of carbonyl (C=O) groups is 1. The molecule has 0 aromatic heterocycles. The Kier molecular flexibility index (Phi) is 5.22. The summed E-state index contributed by atoms with van der Waals surface area (Å²) in [6.07, 6.45) is 1.57. The zero-order chi connectivity index (χ0) is 22.3. The lowest BCUT2D eigenvalue weighted by molar-refractivity contribution is 0.101. The predicted molar refractivity (Wildman–Crippen MR) is 101 cm³/mol. The fourth-order valence-electron chi connectivity index (χ4n) is 3.10. The molecule has 1 aliphatic heterocycles. The predicted octanol–water partition coefficient (Wildman–Crippen LogP) is 5.89. The number of halogens is 5. The molecule has 158 valence electrons. The van der Waals surface area contributed by atoms with E-state index in [0.29, 0.717) is 0 Å². The van der Waals surface area contributed by atoms with Crippen molar-refractivity contribution in [2.24, 2.45) is 0 Å². The molecule has 1 heterocycles. The van der Waals surface area contributed by atoms with Crippen LogP contribution in [0.4, 0.5) is 22.0 Å². The Bertz CT molecular complexity index is 1220. The number of ketones is 1. The molecule has 0 N–H and O–H groups in total. The van der Waals surface area contributed by atoms with Gasteiger partial charge in [-0.05, 0) is 30.7 Å². The second kappa shape index (κ2) is 7.86. The van der Waals surface area contributed by atoms with Crippen LogP contribution in [0, 0.1) is 36.0 Å². The number of carbonyl (C=O) groups excluding carboxylic acids is 1. The van der Waals surface area contributed by atoms with Gasteiger partial charge in [-0.3, -0.25) is 4.79 Å². The minimum Gasteiger partial charge on any atom is -0.489 e. The van der Waals surface area contributed by atoms with E-state index in [1.807, 2.05) is 25.1 Å². The van der Waals surface area contributed by atoms with Gasteiger partial charge in [-0.1, -0.05) is 29.8 Å². The molecule has 0 spiro atoms. The van der Waals surface area contributed by atoms with Crippen molar-refractivity contribution in [2.45, 2.75) is 13.5 Å². The lowest BCUT2D eigenvalue weighted by atomic mass is 10.1. The molecule has 0 fully saturated rings. The Morgan fingerprint density at radius 1 is 0.903 bits per heavy atom. The van der Waals surface area contributed by atoms with E-state index in [1.54, 1.807) is 12.1 Å². The fourth-order valence-corrected chi connectivity index (χ4v) is 3.10. The van der Waals surface area contributed by atoms with Crippen molar-refractivity contribution in [3.05, 3.63) is 99.6 Å². The fraction of sp³-hybridized carbons (Fsp3) is 0.0870. The Balaban J connectivity index is 1.56. The summed E-state index contributed by atoms with van der Waals surface area (Å²) < 4.78 is 78.1. The Hall–Kier alpha value is -3.68. The number of Topliss-reactive ketones (excluding diaryl/α,β-unsaturated/α-hetero) is 1. The first-order valence-electron chi connectivity index (χ1n) is 9.04. The summed E-state index contributed by atoms with van der Waals surface area (Å²) in [5.41, 5.74) is 0.913. The number of hydrogen-bond donors (Lipinski definition) is 0. The molecule has 3 nitrogen and oxygen atoms in total. The first kappa shape index (κ1) is 20.6. The number of rotatable bonds is 4. The summed E-state index contributed by atoms with van der Waals surface area (Å²) in [6, 6.07) is 11.4. The van der Waals surface area contributed by atoms with Gasteiger partial charge in [-0.2, -0.15) is 0 Å². The van der Waals surface area contributed by atoms with Crippen molar-refractivity contribution in [3.63, 3.8) is 0 Å². The third-order valence-corrected chi connectivity index (χ3v) is 4.67. The van der Waals surface area contributed by atoms with E-state index >= 15 is 0 Å². The number of fused-ring (bicyclic) bond motifs is 1. The summed E-state index contributed by atoms with van der Waals surface area (Å²) in [5.74, 6) is -10.4. The smallest absolute Gasteiger partial charge is 0.231 e. The molecule has 1 aliphatic rings. The minimum absolute atomic E-state index is 0.0206. The molecule has 3 aromatic rings. The zero-order valence-electron chi connectivity index (χ0n) is 15.9. The van der Waals surface area contributed by atoms with Crippen LogP contribution in [-0.4, -0.2) is 5.78 Å². The van der Waals surface area contributed by atoms with Crippen molar-refractivity contribution < 1.29 is 36.2 Å². The van der Waals surface area contributed by atoms with E-state index in [1.165, 1.54) is 18.2 Å². The molecule has 4 rings (SSSR count). The van der Waals surface area contributed by atoms with Gasteiger partial charge in [0.2, 0.25) is 11.6 Å². The van der Waals surface area contributed by atoms with Crippen LogP contribution in [0.25, 0.3) is 6.08 Å². The van der Waals surface area contributed by atoms with Crippen LogP contribution in [-0.2, 0) is 6.61 Å².